The van der Waals surface area contributed by atoms with E-state index in [1.54, 1.807) is 23.3 Å². The van der Waals surface area contributed by atoms with E-state index in [0.717, 1.165) is 11.1 Å². The molecule has 0 aliphatic carbocycles. The van der Waals surface area contributed by atoms with E-state index >= 15 is 0 Å². The number of aliphatic hydroxyl groups excluding tert-OH is 1. The molecule has 0 radical (unpaired) electrons. The molecule has 3 aromatic heterocycles. The third-order valence-electron chi connectivity index (χ3n) is 4.78. The number of aromatic nitrogens is 5. The molecular formula is C21H21N5O2. The summed E-state index contributed by atoms with van der Waals surface area (Å²) in [5, 5.41) is 15.3. The van der Waals surface area contributed by atoms with E-state index in [-0.39, 0.29) is 12.0 Å². The lowest BCUT2D eigenvalue weighted by molar-refractivity contribution is 0.146. The average Bonchev–Trinajstić information content (AvgIpc) is 3.14. The molecule has 4 rings (SSSR count). The van der Waals surface area contributed by atoms with Gasteiger partial charge >= 0.3 is 0 Å². The lowest BCUT2D eigenvalue weighted by Crippen LogP contribution is -2.19. The minimum Gasteiger partial charge on any atom is -0.391 e. The van der Waals surface area contributed by atoms with Crippen molar-refractivity contribution in [2.75, 3.05) is 0 Å². The normalized spacial score (nSPS) is 12.4. The zero-order valence-corrected chi connectivity index (χ0v) is 15.8. The maximum Gasteiger partial charge on any atom is 0.200 e. The summed E-state index contributed by atoms with van der Waals surface area (Å²) in [7, 11) is 1.90. The van der Waals surface area contributed by atoms with Crippen LogP contribution in [0, 0.1) is 0 Å². The second-order valence-corrected chi connectivity index (χ2v) is 6.74. The van der Waals surface area contributed by atoms with Gasteiger partial charge in [0.2, 0.25) is 0 Å². The Morgan fingerprint density at radius 2 is 2.00 bits per heavy atom. The van der Waals surface area contributed by atoms with Crippen LogP contribution in [0.4, 0.5) is 0 Å². The molecule has 0 fully saturated rings. The number of pyridine rings is 2. The summed E-state index contributed by atoms with van der Waals surface area (Å²) in [5.41, 5.74) is 1.95. The van der Waals surface area contributed by atoms with Crippen molar-refractivity contribution in [3.63, 3.8) is 0 Å². The van der Waals surface area contributed by atoms with Gasteiger partial charge in [0, 0.05) is 36.6 Å². The smallest absolute Gasteiger partial charge is 0.200 e. The minimum atomic E-state index is -0.577. The van der Waals surface area contributed by atoms with Gasteiger partial charge in [-0.2, -0.15) is 5.10 Å². The Morgan fingerprint density at radius 1 is 1.18 bits per heavy atom. The topological polar surface area (TPSA) is 85.8 Å². The van der Waals surface area contributed by atoms with Gasteiger partial charge in [-0.25, -0.2) is 9.67 Å². The summed E-state index contributed by atoms with van der Waals surface area (Å²) >= 11 is 0. The van der Waals surface area contributed by atoms with Gasteiger partial charge in [0.25, 0.3) is 0 Å². The first-order chi connectivity index (χ1) is 13.6. The van der Waals surface area contributed by atoms with Gasteiger partial charge in [-0.1, -0.05) is 19.1 Å². The Morgan fingerprint density at radius 3 is 2.75 bits per heavy atom. The van der Waals surface area contributed by atoms with E-state index < -0.39 is 6.10 Å². The fourth-order valence-corrected chi connectivity index (χ4v) is 3.21. The van der Waals surface area contributed by atoms with E-state index in [4.69, 9.17) is 0 Å². The van der Waals surface area contributed by atoms with Crippen molar-refractivity contribution in [2.24, 2.45) is 7.05 Å². The Balaban J connectivity index is 1.94. The van der Waals surface area contributed by atoms with Crippen LogP contribution in [0.2, 0.25) is 0 Å². The predicted octanol–water partition coefficient (Wildman–Crippen LogP) is 2.63. The van der Waals surface area contributed by atoms with Gasteiger partial charge in [-0.15, -0.1) is 0 Å². The van der Waals surface area contributed by atoms with Crippen molar-refractivity contribution in [1.29, 1.82) is 0 Å². The van der Waals surface area contributed by atoms with Gasteiger partial charge in [0.1, 0.15) is 0 Å². The van der Waals surface area contributed by atoms with Gasteiger partial charge in [0.15, 0.2) is 17.1 Å². The van der Waals surface area contributed by atoms with Crippen LogP contribution in [0.15, 0.2) is 59.8 Å². The Bertz CT molecular complexity index is 1180. The summed E-state index contributed by atoms with van der Waals surface area (Å²) in [5.74, 6) is 0.916. The molecule has 0 unspecified atom stereocenters. The number of hydrogen-bond donors (Lipinski definition) is 1. The fraction of sp³-hybridized carbons (Fsp3) is 0.238. The molecule has 4 aromatic rings. The van der Waals surface area contributed by atoms with Crippen LogP contribution in [-0.4, -0.2) is 35.5 Å². The molecule has 1 aromatic carbocycles. The second kappa shape index (κ2) is 7.36. The number of nitrogens with zero attached hydrogens (tertiary/aromatic N) is 5. The van der Waals surface area contributed by atoms with Gasteiger partial charge in [-0.3, -0.25) is 9.78 Å². The number of para-hydroxylation sites is 1. The number of aryl methyl sites for hydroxylation is 1. The third-order valence-corrected chi connectivity index (χ3v) is 4.78. The first kappa shape index (κ1) is 18.1. The van der Waals surface area contributed by atoms with Crippen LogP contribution in [0.3, 0.4) is 0 Å². The highest BCUT2D eigenvalue weighted by Crippen LogP contribution is 2.22. The van der Waals surface area contributed by atoms with E-state index in [1.807, 2.05) is 54.9 Å². The second-order valence-electron chi connectivity index (χ2n) is 6.74. The van der Waals surface area contributed by atoms with E-state index in [0.29, 0.717) is 29.0 Å². The third kappa shape index (κ3) is 3.20. The zero-order chi connectivity index (χ0) is 19.7. The Labute approximate surface area is 161 Å². The van der Waals surface area contributed by atoms with Crippen LogP contribution in [0.1, 0.15) is 13.3 Å². The lowest BCUT2D eigenvalue weighted by atomic mass is 10.1. The molecule has 28 heavy (non-hydrogen) atoms. The molecule has 0 saturated heterocycles. The van der Waals surface area contributed by atoms with Crippen LogP contribution in [-0.2, 0) is 13.6 Å². The predicted molar refractivity (Wildman–Crippen MR) is 108 cm³/mol. The highest BCUT2D eigenvalue weighted by molar-refractivity contribution is 5.83. The van der Waals surface area contributed by atoms with Crippen molar-refractivity contribution in [1.82, 2.24) is 24.3 Å². The van der Waals surface area contributed by atoms with Crippen molar-refractivity contribution >= 4 is 10.9 Å². The number of aliphatic hydroxyl groups is 1. The molecule has 7 nitrogen and oxygen atoms in total. The number of rotatable bonds is 5. The fourth-order valence-electron chi connectivity index (χ4n) is 3.21. The van der Waals surface area contributed by atoms with Gasteiger partial charge < -0.3 is 9.67 Å². The van der Waals surface area contributed by atoms with Gasteiger partial charge in [-0.05, 0) is 30.7 Å². The van der Waals surface area contributed by atoms with Crippen molar-refractivity contribution in [3.8, 4) is 22.8 Å². The zero-order valence-electron chi connectivity index (χ0n) is 15.8. The molecule has 142 valence electrons. The standard InChI is InChI=1S/C21H21N5O2/c1-3-15(27)12-26-21(23-20(24-26)14-7-6-10-22-11-14)17-13-25(2)18-9-5-4-8-16(18)19(17)28/h4-11,13,15,27H,3,12H2,1-2H3/t15-/m0/s1. The largest absolute Gasteiger partial charge is 0.391 e. The van der Waals surface area contributed by atoms with E-state index in [1.165, 1.54) is 0 Å². The van der Waals surface area contributed by atoms with E-state index in [2.05, 4.69) is 15.1 Å². The number of hydrogen-bond acceptors (Lipinski definition) is 5. The summed E-state index contributed by atoms with van der Waals surface area (Å²) in [6.45, 7) is 2.16. The molecule has 3 heterocycles. The molecule has 0 spiro atoms. The van der Waals surface area contributed by atoms with Crippen LogP contribution in [0.5, 0.6) is 0 Å². The summed E-state index contributed by atoms with van der Waals surface area (Å²) in [4.78, 5) is 21.9. The van der Waals surface area contributed by atoms with Crippen LogP contribution < -0.4 is 5.43 Å². The molecule has 0 aliphatic heterocycles. The first-order valence-corrected chi connectivity index (χ1v) is 9.20. The molecule has 1 N–H and O–H groups in total. The van der Waals surface area contributed by atoms with Crippen molar-refractivity contribution in [3.05, 3.63) is 65.2 Å². The van der Waals surface area contributed by atoms with Crippen LogP contribution >= 0.6 is 0 Å². The first-order valence-electron chi connectivity index (χ1n) is 9.20. The van der Waals surface area contributed by atoms with Crippen molar-refractivity contribution in [2.45, 2.75) is 26.0 Å². The maximum atomic E-state index is 13.2. The molecule has 0 aliphatic rings. The van der Waals surface area contributed by atoms with Gasteiger partial charge in [0.05, 0.1) is 23.7 Å². The quantitative estimate of drug-likeness (QED) is 0.580. The maximum absolute atomic E-state index is 13.2. The number of benzene rings is 1. The van der Waals surface area contributed by atoms with Crippen molar-refractivity contribution < 1.29 is 5.11 Å². The Kier molecular flexibility index (Phi) is 4.75. The molecule has 1 atom stereocenters. The molecule has 0 bridgehead atoms. The highest BCUT2D eigenvalue weighted by atomic mass is 16.3. The highest BCUT2D eigenvalue weighted by Gasteiger charge is 2.19. The summed E-state index contributed by atoms with van der Waals surface area (Å²) in [6.07, 6.45) is 5.14. The molecule has 0 saturated carbocycles. The Hall–Kier alpha value is -3.32. The number of fused-ring (bicyclic) bond motifs is 1. The monoisotopic (exact) mass is 375 g/mol. The average molecular weight is 375 g/mol. The molecule has 0 amide bonds. The molecule has 7 heteroatoms. The summed E-state index contributed by atoms with van der Waals surface area (Å²) in [6, 6.07) is 11.1. The van der Waals surface area contributed by atoms with Crippen LogP contribution in [0.25, 0.3) is 33.7 Å². The van der Waals surface area contributed by atoms with E-state index in [9.17, 15) is 9.90 Å². The minimum absolute atomic E-state index is 0.105. The lowest BCUT2D eigenvalue weighted by Gasteiger charge is -2.12. The summed E-state index contributed by atoms with van der Waals surface area (Å²) < 4.78 is 3.52. The SMILES string of the molecule is CC[C@H](O)Cn1nc(-c2cccnc2)nc1-c1cn(C)c2ccccc2c1=O. The molecular weight excluding hydrogens is 354 g/mol.